The van der Waals surface area contributed by atoms with Crippen LogP contribution in [0.3, 0.4) is 0 Å². The summed E-state index contributed by atoms with van der Waals surface area (Å²) in [5.41, 5.74) is 10.4. The molecule has 2 saturated carbocycles. The van der Waals surface area contributed by atoms with Gasteiger partial charge in [0.15, 0.2) is 0 Å². The number of hydrazine groups is 1. The molecule has 62 heavy (non-hydrogen) atoms. The number of hydrogen-bond donors (Lipinski definition) is 2. The molecule has 10 rings (SSSR count). The third-order valence-electron chi connectivity index (χ3n) is 15.7. The molecule has 1 spiro atoms. The lowest BCUT2D eigenvalue weighted by atomic mass is 9.83. The third-order valence-corrected chi connectivity index (χ3v) is 17.9. The van der Waals surface area contributed by atoms with Crippen molar-refractivity contribution in [3.63, 3.8) is 0 Å². The van der Waals surface area contributed by atoms with Crippen molar-refractivity contribution in [2.45, 2.75) is 108 Å². The summed E-state index contributed by atoms with van der Waals surface area (Å²) in [5, 5.41) is 5.94. The van der Waals surface area contributed by atoms with Gasteiger partial charge < -0.3 is 34.1 Å². The zero-order chi connectivity index (χ0) is 43.3. The van der Waals surface area contributed by atoms with Crippen molar-refractivity contribution in [3.8, 4) is 11.3 Å². The number of rotatable bonds is 7. The highest BCUT2D eigenvalue weighted by Gasteiger charge is 2.93. The maximum Gasteiger partial charge on any atom is 0.324 e. The first kappa shape index (κ1) is 42.1. The number of likely N-dealkylation sites (N-methyl/N-ethyl adjacent to an activating group) is 1. The van der Waals surface area contributed by atoms with Gasteiger partial charge >= 0.3 is 5.97 Å². The van der Waals surface area contributed by atoms with Gasteiger partial charge in [-0.1, -0.05) is 26.8 Å². The quantitative estimate of drug-likeness (QED) is 0.249. The number of pyridine rings is 1. The molecule has 4 unspecified atom stereocenters. The number of piperazine rings is 1. The molecule has 6 bridgehead atoms. The second-order valence-corrected chi connectivity index (χ2v) is 22.3. The van der Waals surface area contributed by atoms with E-state index in [1.165, 1.54) is 22.0 Å². The molecule has 2 N–H and O–H groups in total. The fraction of sp³-hybridized carbons (Fsp3) is 0.667. The van der Waals surface area contributed by atoms with Crippen LogP contribution in [0, 0.1) is 22.7 Å². The number of nitrogens with zero attached hydrogens (tertiary/aromatic N) is 6. The molecule has 7 aliphatic rings. The predicted molar refractivity (Wildman–Crippen MR) is 241 cm³/mol. The van der Waals surface area contributed by atoms with Crippen molar-refractivity contribution in [1.82, 2.24) is 35.1 Å². The number of aryl methyl sites for hydroxylation is 1. The number of carbonyl (C=O) groups is 3. The molecular weight excluding hydrogens is 797 g/mol. The van der Waals surface area contributed by atoms with E-state index in [0.29, 0.717) is 53.7 Å². The summed E-state index contributed by atoms with van der Waals surface area (Å²) in [6.07, 6.45) is 6.83. The van der Waals surface area contributed by atoms with Gasteiger partial charge in [0.2, 0.25) is 11.8 Å². The summed E-state index contributed by atoms with van der Waals surface area (Å²) < 4.78 is 14.7. The van der Waals surface area contributed by atoms with Crippen LogP contribution in [-0.2, 0) is 36.8 Å². The first-order chi connectivity index (χ1) is 29.8. The topological polar surface area (TPSA) is 125 Å². The largest absolute Gasteiger partial charge is 0.464 e. The Morgan fingerprint density at radius 2 is 1.87 bits per heavy atom. The molecule has 2 radical (unpaired) electrons. The van der Waals surface area contributed by atoms with E-state index in [2.05, 4.69) is 95.9 Å². The van der Waals surface area contributed by atoms with Crippen LogP contribution < -0.4 is 15.6 Å². The molecule has 332 valence electrons. The molecule has 5 aliphatic heterocycles. The van der Waals surface area contributed by atoms with Gasteiger partial charge in [0.1, 0.15) is 6.04 Å². The van der Waals surface area contributed by atoms with Gasteiger partial charge in [-0.15, -0.1) is 0 Å². The average molecular weight is 863 g/mol. The Morgan fingerprint density at radius 1 is 1.10 bits per heavy atom. The Balaban J connectivity index is 1.07. The number of nitrogens with one attached hydrogen (secondary N) is 2. The number of piperidine rings is 1. The van der Waals surface area contributed by atoms with Crippen LogP contribution in [0.15, 0.2) is 30.5 Å². The lowest BCUT2D eigenvalue weighted by molar-refractivity contribution is -0.156. The predicted octanol–water partition coefficient (Wildman–Crippen LogP) is 4.96. The van der Waals surface area contributed by atoms with E-state index in [4.69, 9.17) is 14.5 Å². The Bertz CT molecular complexity index is 2270. The number of fused-ring (bicyclic) bond motifs is 9. The average Bonchev–Trinajstić information content (AvgIpc) is 4.24. The van der Waals surface area contributed by atoms with Gasteiger partial charge in [-0.3, -0.25) is 24.4 Å². The Kier molecular flexibility index (Phi) is 10.7. The number of cyclic esters (lactones) is 1. The Labute approximate surface area is 369 Å². The fourth-order valence-corrected chi connectivity index (χ4v) is 13.6. The smallest absolute Gasteiger partial charge is 0.324 e. The van der Waals surface area contributed by atoms with E-state index >= 15 is 0 Å². The fourth-order valence-electron chi connectivity index (χ4n) is 11.6. The van der Waals surface area contributed by atoms with Crippen molar-refractivity contribution < 1.29 is 23.9 Å². The molecule has 14 heteroatoms. The SMILES string of the molecule is CCn1c(-c2cc(N3CCN(C)CC3)cnc2[C@H](C)OC)c2c3cc(ccc31)[C@H]1CCCN(C1)CC1(C(=O)N3CCC[C@H](N3)C(=O)OCC(C)(C)C2)C2[Si]C21NC(=O)[C@H]1C[C@@H]1C. The van der Waals surface area contributed by atoms with Crippen LogP contribution in [-0.4, -0.2) is 136 Å². The molecule has 6 fully saturated rings. The molecular formula is C48H66N8O5Si. The van der Waals surface area contributed by atoms with Crippen molar-refractivity contribution in [2.75, 3.05) is 78.0 Å². The summed E-state index contributed by atoms with van der Waals surface area (Å²) >= 11 is 0. The summed E-state index contributed by atoms with van der Waals surface area (Å²) in [5.74, 6) is 0.559. The van der Waals surface area contributed by atoms with E-state index in [0.717, 1.165) is 87.7 Å². The summed E-state index contributed by atoms with van der Waals surface area (Å²) in [4.78, 5) is 55.0. The molecule has 13 nitrogen and oxygen atoms in total. The standard InChI is InChI=1S/C48H66N8O5Si/c1-8-55-39-14-13-31-22-35(39)37(41(55)36-23-33(25-49-40(36)30(3)60-7)54-19-17-52(6)18-20-54)24-46(4,5)28-61-43(58)38-12-10-16-56(51-38)45(59)47(27-53-15-9-11-32(31)26-53)44-48(47,62-44)50-42(57)34-21-29(34)2/h13-14,22-23,25,29-30,32,34,38,44,51H,8-12,15-21,24,26-28H2,1-7H3,(H,50,57)/t29-,30-,32-,34-,38-,44?,47?,48?/m0/s1. The molecule has 2 aromatic heterocycles. The van der Waals surface area contributed by atoms with Crippen molar-refractivity contribution in [2.24, 2.45) is 22.7 Å². The minimum absolute atomic E-state index is 0.0271. The second-order valence-electron chi connectivity index (χ2n) is 20.6. The maximum atomic E-state index is 14.9. The lowest BCUT2D eigenvalue weighted by Crippen LogP contribution is -2.62. The van der Waals surface area contributed by atoms with E-state index in [1.54, 1.807) is 12.1 Å². The van der Waals surface area contributed by atoms with Gasteiger partial charge in [0.25, 0.3) is 0 Å². The minimum Gasteiger partial charge on any atom is -0.464 e. The number of amides is 2. The van der Waals surface area contributed by atoms with Gasteiger partial charge in [-0.05, 0) is 113 Å². The first-order valence-corrected chi connectivity index (χ1v) is 24.5. The monoisotopic (exact) mass is 862 g/mol. The Hall–Kier alpha value is -3.82. The molecule has 7 heterocycles. The highest BCUT2D eigenvalue weighted by atomic mass is 28.2. The third kappa shape index (κ3) is 7.10. The second kappa shape index (κ2) is 15.7. The maximum absolute atomic E-state index is 14.9. The van der Waals surface area contributed by atoms with E-state index in [9.17, 15) is 14.4 Å². The van der Waals surface area contributed by atoms with Crippen molar-refractivity contribution >= 4 is 43.9 Å². The highest BCUT2D eigenvalue weighted by molar-refractivity contribution is 6.67. The van der Waals surface area contributed by atoms with Crippen molar-refractivity contribution in [1.29, 1.82) is 0 Å². The number of methoxy groups -OCH3 is 1. The summed E-state index contributed by atoms with van der Waals surface area (Å²) in [6, 6.07) is 8.85. The van der Waals surface area contributed by atoms with Gasteiger partial charge in [0.05, 0.1) is 50.9 Å². The summed E-state index contributed by atoms with van der Waals surface area (Å²) in [6.45, 7) is 18.7. The number of benzene rings is 1. The van der Waals surface area contributed by atoms with Crippen molar-refractivity contribution in [3.05, 3.63) is 47.3 Å². The van der Waals surface area contributed by atoms with Crippen LogP contribution in [0.1, 0.15) is 95.6 Å². The molecule has 1 aromatic carbocycles. The van der Waals surface area contributed by atoms with Gasteiger partial charge in [-0.2, -0.15) is 0 Å². The minimum atomic E-state index is -0.693. The van der Waals surface area contributed by atoms with E-state index in [1.807, 2.05) is 6.20 Å². The normalized spacial score (nSPS) is 33.7. The van der Waals surface area contributed by atoms with Crippen LogP contribution in [0.2, 0.25) is 5.54 Å². The zero-order valence-corrected chi connectivity index (χ0v) is 38.9. The molecule has 4 saturated heterocycles. The first-order valence-electron chi connectivity index (χ1n) is 23.5. The van der Waals surface area contributed by atoms with Crippen LogP contribution in [0.4, 0.5) is 5.69 Å². The van der Waals surface area contributed by atoms with Gasteiger partial charge in [-0.25, -0.2) is 5.43 Å². The number of esters is 1. The van der Waals surface area contributed by atoms with E-state index in [-0.39, 0.29) is 42.0 Å². The number of ether oxygens (including phenoxy) is 2. The van der Waals surface area contributed by atoms with Crippen LogP contribution >= 0.6 is 0 Å². The number of anilines is 1. The van der Waals surface area contributed by atoms with Crippen LogP contribution in [0.5, 0.6) is 0 Å². The van der Waals surface area contributed by atoms with Crippen LogP contribution in [0.25, 0.3) is 22.2 Å². The molecule has 2 amide bonds. The summed E-state index contributed by atoms with van der Waals surface area (Å²) in [7, 11) is 4.48. The molecule has 3 aromatic rings. The lowest BCUT2D eigenvalue weighted by Gasteiger charge is -2.41. The van der Waals surface area contributed by atoms with E-state index < -0.39 is 22.0 Å². The molecule has 9 atom stereocenters. The number of hydrogen-bond acceptors (Lipinski definition) is 10. The highest BCUT2D eigenvalue weighted by Crippen LogP contribution is 2.80. The molecule has 2 aliphatic carbocycles. The Morgan fingerprint density at radius 3 is 2.60 bits per heavy atom. The van der Waals surface area contributed by atoms with Gasteiger partial charge in [0, 0.05) is 92.4 Å². The zero-order valence-electron chi connectivity index (χ0n) is 37.9. The number of aromatic nitrogens is 2. The number of carbonyl (C=O) groups excluding carboxylic acids is 3.